The standard InChI is InChI=1S/C11H12N4OS2/c1-2-3-5-14-9(16)8-7(4-6-18-8)15-10(14)12-13-11(15)17/h4,6H,2-3,5H2,1H3,(H,13,17). The molecular formula is C11H12N4OS2. The summed E-state index contributed by atoms with van der Waals surface area (Å²) in [5.74, 6) is 0.601. The van der Waals surface area contributed by atoms with Gasteiger partial charge < -0.3 is 0 Å². The third-order valence-electron chi connectivity index (χ3n) is 2.96. The molecule has 0 aliphatic rings. The molecule has 0 radical (unpaired) electrons. The lowest BCUT2D eigenvalue weighted by atomic mass is 10.3. The second kappa shape index (κ2) is 4.33. The molecule has 0 saturated carbocycles. The van der Waals surface area contributed by atoms with Crippen LogP contribution in [0.15, 0.2) is 16.2 Å². The second-order valence-corrected chi connectivity index (χ2v) is 5.41. The highest BCUT2D eigenvalue weighted by Crippen LogP contribution is 2.18. The molecule has 3 rings (SSSR count). The molecule has 0 saturated heterocycles. The molecule has 3 aromatic rings. The molecule has 1 N–H and O–H groups in total. The molecule has 0 atom stereocenters. The molecule has 0 fully saturated rings. The van der Waals surface area contributed by atoms with Crippen LogP contribution in [0.4, 0.5) is 0 Å². The molecule has 0 unspecified atom stereocenters. The van der Waals surface area contributed by atoms with Crippen LogP contribution in [0.3, 0.4) is 0 Å². The largest absolute Gasteiger partial charge is 0.276 e. The maximum Gasteiger partial charge on any atom is 0.272 e. The molecule has 0 bridgehead atoms. The summed E-state index contributed by atoms with van der Waals surface area (Å²) in [6, 6.07) is 1.91. The highest BCUT2D eigenvalue weighted by molar-refractivity contribution is 7.71. The number of unbranched alkanes of at least 4 members (excludes halogenated alkanes) is 1. The van der Waals surface area contributed by atoms with E-state index < -0.39 is 0 Å². The minimum Gasteiger partial charge on any atom is -0.276 e. The molecule has 18 heavy (non-hydrogen) atoms. The van der Waals surface area contributed by atoms with Gasteiger partial charge in [-0.25, -0.2) is 5.10 Å². The molecule has 94 valence electrons. The topological polar surface area (TPSA) is 55.1 Å². The first-order valence-electron chi connectivity index (χ1n) is 5.81. The van der Waals surface area contributed by atoms with E-state index in [1.165, 1.54) is 11.3 Å². The first-order chi connectivity index (χ1) is 8.74. The minimum atomic E-state index is 0.0231. The lowest BCUT2D eigenvalue weighted by Gasteiger charge is -2.06. The molecular weight excluding hydrogens is 268 g/mol. The smallest absolute Gasteiger partial charge is 0.272 e. The number of aryl methyl sites for hydroxylation is 1. The van der Waals surface area contributed by atoms with E-state index in [9.17, 15) is 4.79 Å². The number of thiophene rings is 1. The number of aromatic amines is 1. The fraction of sp³-hybridized carbons (Fsp3) is 0.364. The Hall–Kier alpha value is -1.47. The van der Waals surface area contributed by atoms with E-state index >= 15 is 0 Å². The van der Waals surface area contributed by atoms with Crippen molar-refractivity contribution in [3.63, 3.8) is 0 Å². The van der Waals surface area contributed by atoms with Gasteiger partial charge in [0.15, 0.2) is 0 Å². The number of fused-ring (bicyclic) bond motifs is 3. The van der Waals surface area contributed by atoms with Crippen molar-refractivity contribution in [2.45, 2.75) is 26.3 Å². The van der Waals surface area contributed by atoms with Crippen molar-refractivity contribution >= 4 is 39.5 Å². The van der Waals surface area contributed by atoms with Gasteiger partial charge in [-0.2, -0.15) is 0 Å². The number of nitrogens with one attached hydrogen (secondary N) is 1. The van der Waals surface area contributed by atoms with Crippen molar-refractivity contribution in [3.05, 3.63) is 26.6 Å². The predicted octanol–water partition coefficient (Wildman–Crippen LogP) is 2.57. The highest BCUT2D eigenvalue weighted by atomic mass is 32.1. The van der Waals surface area contributed by atoms with Crippen molar-refractivity contribution in [1.82, 2.24) is 19.2 Å². The maximum atomic E-state index is 12.4. The zero-order valence-electron chi connectivity index (χ0n) is 9.84. The van der Waals surface area contributed by atoms with Crippen LogP contribution in [0.25, 0.3) is 16.0 Å². The Balaban J connectivity index is 2.47. The summed E-state index contributed by atoms with van der Waals surface area (Å²) in [5.41, 5.74) is 0.862. The van der Waals surface area contributed by atoms with E-state index in [1.807, 2.05) is 15.8 Å². The molecule has 3 heterocycles. The van der Waals surface area contributed by atoms with Crippen molar-refractivity contribution in [2.75, 3.05) is 0 Å². The lowest BCUT2D eigenvalue weighted by Crippen LogP contribution is -2.22. The summed E-state index contributed by atoms with van der Waals surface area (Å²) >= 11 is 6.68. The van der Waals surface area contributed by atoms with Gasteiger partial charge in [-0.15, -0.1) is 16.4 Å². The van der Waals surface area contributed by atoms with Crippen molar-refractivity contribution in [3.8, 4) is 0 Å². The molecule has 5 nitrogen and oxygen atoms in total. The number of rotatable bonds is 3. The van der Waals surface area contributed by atoms with Gasteiger partial charge in [0.25, 0.3) is 5.56 Å². The van der Waals surface area contributed by atoms with Crippen LogP contribution in [0.2, 0.25) is 0 Å². The van der Waals surface area contributed by atoms with Gasteiger partial charge >= 0.3 is 0 Å². The molecule has 0 aliphatic carbocycles. The average Bonchev–Trinajstić information content (AvgIpc) is 2.96. The lowest BCUT2D eigenvalue weighted by molar-refractivity contribution is 0.621. The van der Waals surface area contributed by atoms with Gasteiger partial charge in [0.1, 0.15) is 4.70 Å². The van der Waals surface area contributed by atoms with E-state index in [2.05, 4.69) is 17.1 Å². The summed E-state index contributed by atoms with van der Waals surface area (Å²) in [5, 5.41) is 8.85. The Labute approximate surface area is 112 Å². The molecule has 0 aliphatic heterocycles. The summed E-state index contributed by atoms with van der Waals surface area (Å²) in [6.45, 7) is 2.77. The van der Waals surface area contributed by atoms with E-state index in [4.69, 9.17) is 12.2 Å². The van der Waals surface area contributed by atoms with E-state index in [1.54, 1.807) is 4.57 Å². The van der Waals surface area contributed by atoms with Gasteiger partial charge in [-0.1, -0.05) is 13.3 Å². The normalized spacial score (nSPS) is 11.6. The Morgan fingerprint density at radius 3 is 3.17 bits per heavy atom. The van der Waals surface area contributed by atoms with Crippen LogP contribution in [-0.2, 0) is 6.54 Å². The fourth-order valence-corrected chi connectivity index (χ4v) is 3.11. The molecule has 0 amide bonds. The summed E-state index contributed by atoms with van der Waals surface area (Å²) < 4.78 is 4.79. The Kier molecular flexibility index (Phi) is 2.79. The zero-order chi connectivity index (χ0) is 12.7. The predicted molar refractivity (Wildman–Crippen MR) is 74.9 cm³/mol. The third kappa shape index (κ3) is 1.54. The Bertz CT molecular complexity index is 823. The van der Waals surface area contributed by atoms with Crippen LogP contribution in [0.5, 0.6) is 0 Å². The van der Waals surface area contributed by atoms with Gasteiger partial charge in [0.05, 0.1) is 5.52 Å². The first kappa shape index (κ1) is 11.6. The van der Waals surface area contributed by atoms with E-state index in [0.717, 1.165) is 23.1 Å². The van der Waals surface area contributed by atoms with Crippen LogP contribution < -0.4 is 5.56 Å². The van der Waals surface area contributed by atoms with Crippen LogP contribution in [-0.4, -0.2) is 19.2 Å². The quantitative estimate of drug-likeness (QED) is 0.750. The second-order valence-electron chi connectivity index (χ2n) is 4.11. The number of hydrogen-bond donors (Lipinski definition) is 1. The summed E-state index contributed by atoms with van der Waals surface area (Å²) in [4.78, 5) is 12.4. The summed E-state index contributed by atoms with van der Waals surface area (Å²) in [7, 11) is 0. The van der Waals surface area contributed by atoms with Crippen molar-refractivity contribution in [1.29, 1.82) is 0 Å². The van der Waals surface area contributed by atoms with Crippen LogP contribution in [0.1, 0.15) is 19.8 Å². The van der Waals surface area contributed by atoms with E-state index in [-0.39, 0.29) is 5.56 Å². The third-order valence-corrected chi connectivity index (χ3v) is 4.12. The molecule has 0 aromatic carbocycles. The number of H-pyrrole nitrogens is 1. The summed E-state index contributed by atoms with van der Waals surface area (Å²) in [6.07, 6.45) is 1.98. The Morgan fingerprint density at radius 1 is 1.56 bits per heavy atom. The van der Waals surface area contributed by atoms with Crippen LogP contribution >= 0.6 is 23.6 Å². The van der Waals surface area contributed by atoms with Gasteiger partial charge in [0, 0.05) is 6.54 Å². The maximum absolute atomic E-state index is 12.4. The first-order valence-corrected chi connectivity index (χ1v) is 7.10. The zero-order valence-corrected chi connectivity index (χ0v) is 11.5. The number of nitrogens with zero attached hydrogens (tertiary/aromatic N) is 3. The monoisotopic (exact) mass is 280 g/mol. The Morgan fingerprint density at radius 2 is 2.39 bits per heavy atom. The van der Waals surface area contributed by atoms with Gasteiger partial charge in [0.2, 0.25) is 10.5 Å². The van der Waals surface area contributed by atoms with Gasteiger partial charge in [-0.3, -0.25) is 13.8 Å². The van der Waals surface area contributed by atoms with E-state index in [0.29, 0.717) is 17.1 Å². The molecule has 7 heteroatoms. The van der Waals surface area contributed by atoms with Crippen LogP contribution in [0, 0.1) is 4.77 Å². The highest BCUT2D eigenvalue weighted by Gasteiger charge is 2.13. The SMILES string of the molecule is CCCCn1c(=O)c2sccc2n2c(=S)[nH]nc12. The molecule has 0 spiro atoms. The van der Waals surface area contributed by atoms with Crippen molar-refractivity contribution in [2.24, 2.45) is 0 Å². The number of aromatic nitrogens is 4. The number of hydrogen-bond acceptors (Lipinski definition) is 4. The minimum absolute atomic E-state index is 0.0231. The van der Waals surface area contributed by atoms with Crippen molar-refractivity contribution < 1.29 is 0 Å². The molecule has 3 aromatic heterocycles. The van der Waals surface area contributed by atoms with Gasteiger partial charge in [-0.05, 0) is 30.1 Å². The average molecular weight is 280 g/mol. The fourth-order valence-electron chi connectivity index (χ4n) is 2.06.